The Balaban J connectivity index is 2.14. The third-order valence-corrected chi connectivity index (χ3v) is 5.21. The molecule has 0 unspecified atom stereocenters. The molecule has 0 fully saturated rings. The minimum Gasteiger partial charge on any atom is -0.497 e. The smallest absolute Gasteiger partial charge is 0.279 e. The monoisotopic (exact) mass is 354 g/mol. The number of benzene rings is 2. The van der Waals surface area contributed by atoms with Crippen LogP contribution in [0.3, 0.4) is 0 Å². The molecule has 1 heterocycles. The number of thiazole rings is 1. The molecule has 0 aliphatic rings. The topological polar surface area (TPSA) is 43.6 Å². The second-order valence-corrected chi connectivity index (χ2v) is 7.11. The molecule has 1 amide bonds. The van der Waals surface area contributed by atoms with Gasteiger partial charge < -0.3 is 9.30 Å². The van der Waals surface area contributed by atoms with E-state index in [0.29, 0.717) is 5.56 Å². The maximum absolute atomic E-state index is 12.7. The van der Waals surface area contributed by atoms with E-state index in [1.54, 1.807) is 7.11 Å². The largest absolute Gasteiger partial charge is 0.497 e. The van der Waals surface area contributed by atoms with Crippen LogP contribution in [0.5, 0.6) is 5.75 Å². The van der Waals surface area contributed by atoms with Crippen LogP contribution in [0.2, 0.25) is 0 Å². The third kappa shape index (κ3) is 3.51. The lowest BCUT2D eigenvalue weighted by atomic mass is 10.1. The van der Waals surface area contributed by atoms with Gasteiger partial charge in [-0.25, -0.2) is 0 Å². The van der Waals surface area contributed by atoms with E-state index in [1.165, 1.54) is 11.3 Å². The molecule has 130 valence electrons. The van der Waals surface area contributed by atoms with Gasteiger partial charge in [0.1, 0.15) is 5.75 Å². The average Bonchev–Trinajstić information content (AvgIpc) is 2.91. The summed E-state index contributed by atoms with van der Waals surface area (Å²) in [6.07, 6.45) is 0.966. The summed E-state index contributed by atoms with van der Waals surface area (Å²) in [7, 11) is 1.66. The summed E-state index contributed by atoms with van der Waals surface area (Å²) < 4.78 is 8.54. The van der Waals surface area contributed by atoms with Crippen LogP contribution >= 0.6 is 11.3 Å². The number of aryl methyl sites for hydroxylation is 3. The Morgan fingerprint density at radius 3 is 2.68 bits per heavy atom. The predicted molar refractivity (Wildman–Crippen MR) is 102 cm³/mol. The molecular weight excluding hydrogens is 332 g/mol. The van der Waals surface area contributed by atoms with E-state index in [4.69, 9.17) is 4.74 Å². The lowest BCUT2D eigenvalue weighted by Crippen LogP contribution is -2.17. The summed E-state index contributed by atoms with van der Waals surface area (Å²) in [5.41, 5.74) is 3.81. The van der Waals surface area contributed by atoms with E-state index < -0.39 is 0 Å². The first-order valence-corrected chi connectivity index (χ1v) is 9.19. The fourth-order valence-electron chi connectivity index (χ4n) is 2.90. The van der Waals surface area contributed by atoms with Crippen molar-refractivity contribution in [2.75, 3.05) is 7.11 Å². The highest BCUT2D eigenvalue weighted by Crippen LogP contribution is 2.23. The Bertz CT molecular complexity index is 999. The van der Waals surface area contributed by atoms with Crippen molar-refractivity contribution in [3.8, 4) is 5.75 Å². The first-order valence-electron chi connectivity index (χ1n) is 8.37. The Morgan fingerprint density at radius 1 is 1.20 bits per heavy atom. The zero-order valence-corrected chi connectivity index (χ0v) is 15.8. The van der Waals surface area contributed by atoms with E-state index in [0.717, 1.165) is 44.9 Å². The summed E-state index contributed by atoms with van der Waals surface area (Å²) in [5, 5.41) is 0. The molecule has 4 nitrogen and oxygen atoms in total. The van der Waals surface area contributed by atoms with Crippen molar-refractivity contribution in [3.63, 3.8) is 0 Å². The van der Waals surface area contributed by atoms with Gasteiger partial charge in [-0.05, 0) is 44.0 Å². The van der Waals surface area contributed by atoms with Crippen molar-refractivity contribution in [1.29, 1.82) is 0 Å². The minimum atomic E-state index is -0.194. The molecular formula is C20H22N2O2S. The molecule has 0 saturated carbocycles. The van der Waals surface area contributed by atoms with E-state index in [-0.39, 0.29) is 5.91 Å². The van der Waals surface area contributed by atoms with Crippen LogP contribution in [0.4, 0.5) is 0 Å². The minimum absolute atomic E-state index is 0.194. The van der Waals surface area contributed by atoms with Gasteiger partial charge in [0.25, 0.3) is 5.91 Å². The van der Waals surface area contributed by atoms with E-state index in [9.17, 15) is 4.79 Å². The van der Waals surface area contributed by atoms with Crippen LogP contribution in [0.15, 0.2) is 41.4 Å². The van der Waals surface area contributed by atoms with Crippen LogP contribution in [-0.4, -0.2) is 17.6 Å². The molecule has 0 aliphatic heterocycles. The lowest BCUT2D eigenvalue weighted by Gasteiger charge is -2.05. The summed E-state index contributed by atoms with van der Waals surface area (Å²) in [5.74, 6) is 0.614. The van der Waals surface area contributed by atoms with Crippen LogP contribution in [0, 0.1) is 13.8 Å². The zero-order valence-electron chi connectivity index (χ0n) is 15.0. The number of hydrogen-bond donors (Lipinski definition) is 0. The van der Waals surface area contributed by atoms with Gasteiger partial charge in [0.05, 0.1) is 17.3 Å². The van der Waals surface area contributed by atoms with Gasteiger partial charge in [-0.1, -0.05) is 36.0 Å². The van der Waals surface area contributed by atoms with Crippen molar-refractivity contribution in [2.24, 2.45) is 4.99 Å². The van der Waals surface area contributed by atoms with Gasteiger partial charge in [0.2, 0.25) is 0 Å². The molecule has 1 aromatic heterocycles. The molecule has 0 bridgehead atoms. The van der Waals surface area contributed by atoms with E-state index in [1.807, 2.05) is 50.2 Å². The van der Waals surface area contributed by atoms with Gasteiger partial charge in [-0.2, -0.15) is 4.99 Å². The number of ether oxygens (including phenoxy) is 1. The Hall–Kier alpha value is -2.40. The van der Waals surface area contributed by atoms with Gasteiger partial charge in [0.15, 0.2) is 4.80 Å². The zero-order chi connectivity index (χ0) is 18.0. The number of methoxy groups -OCH3 is 1. The van der Waals surface area contributed by atoms with Crippen LogP contribution in [0.1, 0.15) is 34.8 Å². The fourth-order valence-corrected chi connectivity index (χ4v) is 3.94. The molecule has 3 aromatic rings. The maximum atomic E-state index is 12.7. The van der Waals surface area contributed by atoms with Crippen molar-refractivity contribution in [3.05, 3.63) is 57.9 Å². The normalized spacial score (nSPS) is 11.9. The van der Waals surface area contributed by atoms with E-state index in [2.05, 4.69) is 16.5 Å². The molecule has 0 radical (unpaired) electrons. The van der Waals surface area contributed by atoms with Gasteiger partial charge >= 0.3 is 0 Å². The van der Waals surface area contributed by atoms with Crippen LogP contribution in [0.25, 0.3) is 10.2 Å². The standard InChI is InChI=1S/C20H22N2O2S/c1-5-10-22-17-12-15(24-4)7-9-18(17)25-20(22)21-19(23)16-8-6-13(2)11-14(16)3/h6-9,11-12H,5,10H2,1-4H3. The number of nitrogens with zero attached hydrogens (tertiary/aromatic N) is 2. The molecule has 0 atom stereocenters. The van der Waals surface area contributed by atoms with Crippen molar-refractivity contribution in [1.82, 2.24) is 4.57 Å². The highest BCUT2D eigenvalue weighted by molar-refractivity contribution is 7.16. The third-order valence-electron chi connectivity index (χ3n) is 4.15. The average molecular weight is 354 g/mol. The molecule has 2 aromatic carbocycles. The number of fused-ring (bicyclic) bond motifs is 1. The second-order valence-electron chi connectivity index (χ2n) is 6.11. The number of aromatic nitrogens is 1. The highest BCUT2D eigenvalue weighted by Gasteiger charge is 2.11. The molecule has 0 aliphatic carbocycles. The molecule has 25 heavy (non-hydrogen) atoms. The van der Waals surface area contributed by atoms with Crippen LogP contribution in [-0.2, 0) is 6.54 Å². The number of rotatable bonds is 4. The number of hydrogen-bond acceptors (Lipinski definition) is 3. The predicted octanol–water partition coefficient (Wildman–Crippen LogP) is 4.48. The van der Waals surface area contributed by atoms with Gasteiger partial charge in [-0.15, -0.1) is 0 Å². The molecule has 0 saturated heterocycles. The Kier molecular flexibility index (Phi) is 5.04. The molecule has 3 rings (SSSR count). The summed E-state index contributed by atoms with van der Waals surface area (Å²) in [6.45, 7) is 6.90. The first-order chi connectivity index (χ1) is 12.0. The van der Waals surface area contributed by atoms with Gasteiger partial charge in [0, 0.05) is 18.2 Å². The first kappa shape index (κ1) is 17.4. The molecule has 5 heteroatoms. The second kappa shape index (κ2) is 7.23. The number of amides is 1. The Labute approximate surface area is 151 Å². The summed E-state index contributed by atoms with van der Waals surface area (Å²) in [6, 6.07) is 11.8. The molecule has 0 N–H and O–H groups in total. The Morgan fingerprint density at radius 2 is 2.00 bits per heavy atom. The number of carbonyl (C=O) groups excluding carboxylic acids is 1. The van der Waals surface area contributed by atoms with Crippen molar-refractivity contribution in [2.45, 2.75) is 33.7 Å². The highest BCUT2D eigenvalue weighted by atomic mass is 32.1. The number of carbonyl (C=O) groups is 1. The fraction of sp³-hybridized carbons (Fsp3) is 0.300. The lowest BCUT2D eigenvalue weighted by molar-refractivity contribution is 0.0997. The summed E-state index contributed by atoms with van der Waals surface area (Å²) >= 11 is 1.53. The maximum Gasteiger partial charge on any atom is 0.279 e. The van der Waals surface area contributed by atoms with Crippen molar-refractivity contribution >= 4 is 27.5 Å². The summed E-state index contributed by atoms with van der Waals surface area (Å²) in [4.78, 5) is 17.9. The SMILES string of the molecule is CCCn1c(=NC(=O)c2ccc(C)cc2C)sc2ccc(OC)cc21. The quantitative estimate of drug-likeness (QED) is 0.693. The van der Waals surface area contributed by atoms with Crippen molar-refractivity contribution < 1.29 is 9.53 Å². The van der Waals surface area contributed by atoms with Crippen LogP contribution < -0.4 is 9.54 Å². The molecule has 0 spiro atoms. The van der Waals surface area contributed by atoms with E-state index >= 15 is 0 Å². The van der Waals surface area contributed by atoms with Gasteiger partial charge in [-0.3, -0.25) is 4.79 Å².